The number of ether oxygens (including phenoxy) is 2. The van der Waals surface area contributed by atoms with Crippen LogP contribution in [0.5, 0.6) is 11.5 Å². The van der Waals surface area contributed by atoms with E-state index in [-0.39, 0.29) is 0 Å². The van der Waals surface area contributed by atoms with Crippen LogP contribution in [0.1, 0.15) is 5.89 Å². The maximum Gasteiger partial charge on any atom is 0.221 e. The van der Waals surface area contributed by atoms with Crippen LogP contribution in [0.15, 0.2) is 46.9 Å². The first-order valence-electron chi connectivity index (χ1n) is 8.41. The van der Waals surface area contributed by atoms with Gasteiger partial charge in [-0.25, -0.2) is 4.98 Å². The van der Waals surface area contributed by atoms with Crippen LogP contribution in [-0.2, 0) is 11.3 Å². The van der Waals surface area contributed by atoms with Gasteiger partial charge in [0.2, 0.25) is 5.89 Å². The third kappa shape index (κ3) is 3.33. The summed E-state index contributed by atoms with van der Waals surface area (Å²) >= 11 is 6.20. The number of halogens is 1. The molecule has 6 heteroatoms. The van der Waals surface area contributed by atoms with Crippen molar-refractivity contribution in [3.8, 4) is 34.1 Å². The Morgan fingerprint density at radius 3 is 2.73 bits per heavy atom. The Bertz CT molecular complexity index is 937. The highest BCUT2D eigenvalue weighted by atomic mass is 35.5. The van der Waals surface area contributed by atoms with Crippen molar-refractivity contribution in [2.45, 2.75) is 6.61 Å². The van der Waals surface area contributed by atoms with Gasteiger partial charge in [-0.15, -0.1) is 0 Å². The van der Waals surface area contributed by atoms with Crippen LogP contribution in [-0.4, -0.2) is 37.1 Å². The molecule has 0 radical (unpaired) electrons. The van der Waals surface area contributed by atoms with E-state index in [0.717, 1.165) is 29.1 Å². The first kappa shape index (κ1) is 17.1. The predicted octanol–water partition coefficient (Wildman–Crippen LogP) is 4.85. The van der Waals surface area contributed by atoms with Gasteiger partial charge < -0.3 is 18.8 Å². The van der Waals surface area contributed by atoms with Crippen LogP contribution in [0.2, 0.25) is 5.02 Å². The molecule has 1 aliphatic rings. The van der Waals surface area contributed by atoms with Gasteiger partial charge >= 0.3 is 0 Å². The van der Waals surface area contributed by atoms with Crippen LogP contribution in [0, 0.1) is 0 Å². The average molecular weight is 371 g/mol. The van der Waals surface area contributed by atoms with Gasteiger partial charge in [0, 0.05) is 17.1 Å². The van der Waals surface area contributed by atoms with E-state index in [1.807, 2.05) is 50.5 Å². The van der Waals surface area contributed by atoms with E-state index < -0.39 is 0 Å². The van der Waals surface area contributed by atoms with Gasteiger partial charge in [0.1, 0.15) is 23.8 Å². The molecule has 0 spiro atoms. The maximum atomic E-state index is 6.20. The second-order valence-electron chi connectivity index (χ2n) is 6.38. The van der Waals surface area contributed by atoms with Gasteiger partial charge in [0.25, 0.3) is 0 Å². The standard InChI is InChI=1S/C20H19ClN2O3/c1-23(2)9-10-24-12-18-22-19-15-11-13(21)7-8-17(15)25-16-6-4-3-5-14(16)20(19)26-18/h3-8,11H,9-10,12H2,1-2H3. The Morgan fingerprint density at radius 2 is 1.88 bits per heavy atom. The lowest BCUT2D eigenvalue weighted by atomic mass is 10.1. The minimum atomic E-state index is 0.319. The number of hydrogen-bond donors (Lipinski definition) is 0. The highest BCUT2D eigenvalue weighted by Crippen LogP contribution is 2.47. The summed E-state index contributed by atoms with van der Waals surface area (Å²) in [7, 11) is 4.02. The number of hydrogen-bond acceptors (Lipinski definition) is 5. The zero-order valence-corrected chi connectivity index (χ0v) is 15.4. The minimum absolute atomic E-state index is 0.319. The highest BCUT2D eigenvalue weighted by Gasteiger charge is 2.26. The molecule has 1 aliphatic heterocycles. The number of para-hydroxylation sites is 1. The first-order chi connectivity index (χ1) is 12.6. The third-order valence-electron chi connectivity index (χ3n) is 4.13. The molecule has 0 atom stereocenters. The monoisotopic (exact) mass is 370 g/mol. The van der Waals surface area contributed by atoms with Crippen LogP contribution < -0.4 is 4.74 Å². The van der Waals surface area contributed by atoms with E-state index in [4.69, 9.17) is 25.5 Å². The quantitative estimate of drug-likeness (QED) is 0.470. The predicted molar refractivity (Wildman–Crippen MR) is 101 cm³/mol. The Hall–Kier alpha value is -2.34. The van der Waals surface area contributed by atoms with Crippen LogP contribution in [0.4, 0.5) is 0 Å². The van der Waals surface area contributed by atoms with Crippen molar-refractivity contribution in [1.29, 1.82) is 0 Å². The second kappa shape index (κ2) is 7.11. The number of aromatic nitrogens is 1. The molecule has 0 aliphatic carbocycles. The normalized spacial score (nSPS) is 12.2. The molecule has 4 rings (SSSR count). The van der Waals surface area contributed by atoms with Crippen LogP contribution in [0.3, 0.4) is 0 Å². The molecular formula is C20H19ClN2O3. The zero-order valence-electron chi connectivity index (χ0n) is 14.7. The molecule has 2 aromatic carbocycles. The van der Waals surface area contributed by atoms with Crippen molar-refractivity contribution in [2.75, 3.05) is 27.2 Å². The van der Waals surface area contributed by atoms with Gasteiger partial charge in [-0.2, -0.15) is 0 Å². The molecule has 0 saturated carbocycles. The summed E-state index contributed by atoms with van der Waals surface area (Å²) < 4.78 is 17.8. The van der Waals surface area contributed by atoms with Crippen LogP contribution in [0.25, 0.3) is 22.6 Å². The van der Waals surface area contributed by atoms with Crippen molar-refractivity contribution in [3.05, 3.63) is 53.4 Å². The van der Waals surface area contributed by atoms with Gasteiger partial charge in [0.15, 0.2) is 5.76 Å². The smallest absolute Gasteiger partial charge is 0.221 e. The lowest BCUT2D eigenvalue weighted by Crippen LogP contribution is -2.17. The molecule has 134 valence electrons. The summed E-state index contributed by atoms with van der Waals surface area (Å²) in [5, 5.41) is 0.621. The van der Waals surface area contributed by atoms with Crippen molar-refractivity contribution in [3.63, 3.8) is 0 Å². The van der Waals surface area contributed by atoms with E-state index in [9.17, 15) is 0 Å². The Balaban J connectivity index is 1.73. The van der Waals surface area contributed by atoms with E-state index in [0.29, 0.717) is 35.6 Å². The molecule has 0 fully saturated rings. The molecule has 0 amide bonds. The summed E-state index contributed by atoms with van der Waals surface area (Å²) in [6.45, 7) is 1.78. The maximum absolute atomic E-state index is 6.20. The Kier molecular flexibility index (Phi) is 4.68. The molecule has 26 heavy (non-hydrogen) atoms. The number of rotatable bonds is 5. The fourth-order valence-electron chi connectivity index (χ4n) is 2.84. The molecule has 1 aromatic heterocycles. The molecule has 0 unspecified atom stereocenters. The van der Waals surface area contributed by atoms with Crippen molar-refractivity contribution in [1.82, 2.24) is 9.88 Å². The van der Waals surface area contributed by atoms with Gasteiger partial charge in [-0.3, -0.25) is 0 Å². The molecule has 2 heterocycles. The van der Waals surface area contributed by atoms with E-state index in [2.05, 4.69) is 9.88 Å². The Labute approximate surface area is 157 Å². The summed E-state index contributed by atoms with van der Waals surface area (Å²) in [6.07, 6.45) is 0. The molecule has 0 bridgehead atoms. The topological polar surface area (TPSA) is 47.7 Å². The Morgan fingerprint density at radius 1 is 1.08 bits per heavy atom. The number of fused-ring (bicyclic) bond motifs is 5. The number of benzene rings is 2. The summed E-state index contributed by atoms with van der Waals surface area (Å²) in [4.78, 5) is 6.73. The zero-order chi connectivity index (χ0) is 18.1. The summed E-state index contributed by atoms with van der Waals surface area (Å²) in [5.74, 6) is 2.64. The molecule has 0 saturated heterocycles. The number of nitrogens with zero attached hydrogens (tertiary/aromatic N) is 2. The van der Waals surface area contributed by atoms with Gasteiger partial charge in [-0.1, -0.05) is 23.7 Å². The van der Waals surface area contributed by atoms with Gasteiger partial charge in [-0.05, 0) is 44.4 Å². The lowest BCUT2D eigenvalue weighted by Gasteiger charge is -2.09. The van der Waals surface area contributed by atoms with E-state index in [1.54, 1.807) is 6.07 Å². The highest BCUT2D eigenvalue weighted by molar-refractivity contribution is 6.31. The number of oxazole rings is 1. The van der Waals surface area contributed by atoms with E-state index in [1.165, 1.54) is 0 Å². The minimum Gasteiger partial charge on any atom is -0.456 e. The van der Waals surface area contributed by atoms with Crippen LogP contribution >= 0.6 is 11.6 Å². The van der Waals surface area contributed by atoms with Crippen molar-refractivity contribution < 1.29 is 13.9 Å². The molecule has 3 aromatic rings. The summed E-state index contributed by atoms with van der Waals surface area (Å²) in [6, 6.07) is 13.3. The molecule has 5 nitrogen and oxygen atoms in total. The second-order valence-corrected chi connectivity index (χ2v) is 6.82. The van der Waals surface area contributed by atoms with Gasteiger partial charge in [0.05, 0.1) is 12.2 Å². The average Bonchev–Trinajstić information content (AvgIpc) is 2.99. The van der Waals surface area contributed by atoms with E-state index >= 15 is 0 Å². The first-order valence-corrected chi connectivity index (χ1v) is 8.79. The number of likely N-dealkylation sites (N-methyl/N-ethyl adjacent to an activating group) is 1. The fraction of sp³-hybridized carbons (Fsp3) is 0.250. The van der Waals surface area contributed by atoms with Crippen molar-refractivity contribution >= 4 is 11.6 Å². The van der Waals surface area contributed by atoms with Crippen molar-refractivity contribution in [2.24, 2.45) is 0 Å². The summed E-state index contributed by atoms with van der Waals surface area (Å²) in [5.41, 5.74) is 2.40. The third-order valence-corrected chi connectivity index (χ3v) is 4.36. The molecular weight excluding hydrogens is 352 g/mol. The largest absolute Gasteiger partial charge is 0.456 e. The molecule has 0 N–H and O–H groups in total. The lowest BCUT2D eigenvalue weighted by molar-refractivity contribution is 0.0899. The fourth-order valence-corrected chi connectivity index (χ4v) is 3.01. The SMILES string of the molecule is CN(C)CCOCc1nc2c(o1)-c1ccccc1Oc1ccc(Cl)cc1-2.